The highest BCUT2D eigenvalue weighted by Crippen LogP contribution is 2.25. The molecule has 1 saturated heterocycles. The van der Waals surface area contributed by atoms with E-state index in [1.165, 1.54) is 0 Å². The summed E-state index contributed by atoms with van der Waals surface area (Å²) in [5.74, 6) is 0.596. The molecule has 1 aliphatic rings. The largest absolute Gasteiger partial charge is 0.496 e. The number of halogens is 1. The molecule has 4 heteroatoms. The molecule has 0 saturated carbocycles. The van der Waals surface area contributed by atoms with Crippen molar-refractivity contribution in [3.05, 3.63) is 28.8 Å². The zero-order valence-corrected chi connectivity index (χ0v) is 9.96. The Morgan fingerprint density at radius 3 is 2.69 bits per heavy atom. The smallest absolute Gasteiger partial charge is 0.257 e. The van der Waals surface area contributed by atoms with Crippen molar-refractivity contribution < 1.29 is 9.53 Å². The molecule has 1 aromatic rings. The first-order valence-corrected chi connectivity index (χ1v) is 5.73. The highest BCUT2D eigenvalue weighted by atomic mass is 35.5. The third-order valence-corrected chi connectivity index (χ3v) is 3.02. The molecule has 0 bridgehead atoms. The molecule has 16 heavy (non-hydrogen) atoms. The van der Waals surface area contributed by atoms with Crippen molar-refractivity contribution in [2.24, 2.45) is 0 Å². The molecule has 1 aliphatic heterocycles. The summed E-state index contributed by atoms with van der Waals surface area (Å²) < 4.78 is 5.17. The number of hydrogen-bond donors (Lipinski definition) is 0. The Morgan fingerprint density at radius 2 is 2.06 bits per heavy atom. The van der Waals surface area contributed by atoms with Crippen LogP contribution in [0.3, 0.4) is 0 Å². The minimum atomic E-state index is 0.0110. The number of ether oxygens (including phenoxy) is 1. The number of methoxy groups -OCH3 is 1. The van der Waals surface area contributed by atoms with Crippen molar-refractivity contribution in [1.29, 1.82) is 0 Å². The van der Waals surface area contributed by atoms with Crippen LogP contribution in [-0.2, 0) is 0 Å². The summed E-state index contributed by atoms with van der Waals surface area (Å²) in [6.45, 7) is 1.66. The van der Waals surface area contributed by atoms with Gasteiger partial charge in [0.1, 0.15) is 5.75 Å². The van der Waals surface area contributed by atoms with Crippen LogP contribution in [0.15, 0.2) is 18.2 Å². The fraction of sp³-hybridized carbons (Fsp3) is 0.417. The highest BCUT2D eigenvalue weighted by molar-refractivity contribution is 6.31. The Hall–Kier alpha value is -1.22. The van der Waals surface area contributed by atoms with E-state index in [4.69, 9.17) is 16.3 Å². The third kappa shape index (κ3) is 2.14. The van der Waals surface area contributed by atoms with Gasteiger partial charge in [-0.15, -0.1) is 0 Å². The standard InChI is InChI=1S/C12H14ClNO2/c1-16-11-5-4-9(13)8-10(11)12(15)14-6-2-3-7-14/h4-5,8H,2-3,6-7H2,1H3. The van der Waals surface area contributed by atoms with E-state index in [1.54, 1.807) is 25.3 Å². The lowest BCUT2D eigenvalue weighted by molar-refractivity contribution is 0.0789. The monoisotopic (exact) mass is 239 g/mol. The van der Waals surface area contributed by atoms with Crippen LogP contribution in [0, 0.1) is 0 Å². The van der Waals surface area contributed by atoms with Crippen LogP contribution in [-0.4, -0.2) is 31.0 Å². The summed E-state index contributed by atoms with van der Waals surface area (Å²) >= 11 is 5.90. The van der Waals surface area contributed by atoms with E-state index in [-0.39, 0.29) is 5.91 Å². The molecule has 1 amide bonds. The quantitative estimate of drug-likeness (QED) is 0.794. The predicted molar refractivity (Wildman–Crippen MR) is 63.1 cm³/mol. The SMILES string of the molecule is COc1ccc(Cl)cc1C(=O)N1CCCC1. The Kier molecular flexibility index (Phi) is 3.34. The van der Waals surface area contributed by atoms with Gasteiger partial charge < -0.3 is 9.64 Å². The molecule has 1 fully saturated rings. The van der Waals surface area contributed by atoms with Crippen molar-refractivity contribution in [2.45, 2.75) is 12.8 Å². The molecule has 0 N–H and O–H groups in total. The Balaban J connectivity index is 2.30. The topological polar surface area (TPSA) is 29.5 Å². The second-order valence-electron chi connectivity index (χ2n) is 3.84. The van der Waals surface area contributed by atoms with E-state index in [0.717, 1.165) is 25.9 Å². The summed E-state index contributed by atoms with van der Waals surface area (Å²) in [6, 6.07) is 5.12. The molecule has 0 unspecified atom stereocenters. The van der Waals surface area contributed by atoms with Crippen molar-refractivity contribution in [2.75, 3.05) is 20.2 Å². The highest BCUT2D eigenvalue weighted by Gasteiger charge is 2.22. The number of carbonyl (C=O) groups excluding carboxylic acids is 1. The van der Waals surface area contributed by atoms with E-state index >= 15 is 0 Å². The van der Waals surface area contributed by atoms with Gasteiger partial charge in [-0.25, -0.2) is 0 Å². The first-order valence-electron chi connectivity index (χ1n) is 5.35. The molecule has 0 radical (unpaired) electrons. The number of amides is 1. The summed E-state index contributed by atoms with van der Waals surface area (Å²) in [4.78, 5) is 14.0. The lowest BCUT2D eigenvalue weighted by atomic mass is 10.2. The van der Waals surface area contributed by atoms with Gasteiger partial charge in [0.25, 0.3) is 5.91 Å². The summed E-state index contributed by atoms with van der Waals surface area (Å²) in [7, 11) is 1.56. The van der Waals surface area contributed by atoms with E-state index < -0.39 is 0 Å². The molecule has 2 rings (SSSR count). The van der Waals surface area contributed by atoms with Crippen LogP contribution in [0.1, 0.15) is 23.2 Å². The van der Waals surface area contributed by atoms with E-state index in [0.29, 0.717) is 16.3 Å². The summed E-state index contributed by atoms with van der Waals surface area (Å²) in [5.41, 5.74) is 0.553. The Bertz CT molecular complexity index is 400. The average molecular weight is 240 g/mol. The zero-order valence-electron chi connectivity index (χ0n) is 9.20. The molecular weight excluding hydrogens is 226 g/mol. The second-order valence-corrected chi connectivity index (χ2v) is 4.28. The molecule has 0 aromatic heterocycles. The van der Waals surface area contributed by atoms with Crippen LogP contribution in [0.2, 0.25) is 5.02 Å². The Morgan fingerprint density at radius 1 is 1.38 bits per heavy atom. The maximum atomic E-state index is 12.2. The van der Waals surface area contributed by atoms with Gasteiger partial charge in [-0.3, -0.25) is 4.79 Å². The molecule has 0 spiro atoms. The molecule has 0 aliphatic carbocycles. The van der Waals surface area contributed by atoms with E-state index in [1.807, 2.05) is 4.90 Å². The molecule has 1 aromatic carbocycles. The zero-order chi connectivity index (χ0) is 11.5. The minimum Gasteiger partial charge on any atom is -0.496 e. The average Bonchev–Trinajstić information content (AvgIpc) is 2.81. The van der Waals surface area contributed by atoms with Gasteiger partial charge in [-0.1, -0.05) is 11.6 Å². The van der Waals surface area contributed by atoms with Crippen LogP contribution >= 0.6 is 11.6 Å². The third-order valence-electron chi connectivity index (χ3n) is 2.79. The van der Waals surface area contributed by atoms with E-state index in [2.05, 4.69) is 0 Å². The van der Waals surface area contributed by atoms with Crippen molar-refractivity contribution >= 4 is 17.5 Å². The lowest BCUT2D eigenvalue weighted by Crippen LogP contribution is -2.27. The number of hydrogen-bond acceptors (Lipinski definition) is 2. The van der Waals surface area contributed by atoms with Crippen LogP contribution in [0.25, 0.3) is 0 Å². The molecule has 0 atom stereocenters. The van der Waals surface area contributed by atoms with Crippen LogP contribution in [0.4, 0.5) is 0 Å². The van der Waals surface area contributed by atoms with Crippen molar-refractivity contribution in [3.8, 4) is 5.75 Å². The first kappa shape index (κ1) is 11.3. The number of rotatable bonds is 2. The molecule has 1 heterocycles. The van der Waals surface area contributed by atoms with Gasteiger partial charge in [-0.2, -0.15) is 0 Å². The maximum absolute atomic E-state index is 12.2. The predicted octanol–water partition coefficient (Wildman–Crippen LogP) is 2.58. The van der Waals surface area contributed by atoms with Gasteiger partial charge in [-0.05, 0) is 31.0 Å². The van der Waals surface area contributed by atoms with Gasteiger partial charge in [0.05, 0.1) is 12.7 Å². The lowest BCUT2D eigenvalue weighted by Gasteiger charge is -2.17. The van der Waals surface area contributed by atoms with Gasteiger partial charge in [0, 0.05) is 18.1 Å². The molecule has 3 nitrogen and oxygen atoms in total. The molecule has 86 valence electrons. The number of carbonyl (C=O) groups is 1. The van der Waals surface area contributed by atoms with Gasteiger partial charge in [0.15, 0.2) is 0 Å². The Labute approximate surface area is 100.0 Å². The van der Waals surface area contributed by atoms with Crippen LogP contribution < -0.4 is 4.74 Å². The van der Waals surface area contributed by atoms with E-state index in [9.17, 15) is 4.79 Å². The normalized spacial score (nSPS) is 15.2. The number of benzene rings is 1. The van der Waals surface area contributed by atoms with Gasteiger partial charge in [0.2, 0.25) is 0 Å². The summed E-state index contributed by atoms with van der Waals surface area (Å²) in [6.07, 6.45) is 2.16. The van der Waals surface area contributed by atoms with Crippen LogP contribution in [0.5, 0.6) is 5.75 Å². The number of likely N-dealkylation sites (tertiary alicyclic amines) is 1. The van der Waals surface area contributed by atoms with Gasteiger partial charge >= 0.3 is 0 Å². The fourth-order valence-corrected chi connectivity index (χ4v) is 2.11. The second kappa shape index (κ2) is 4.74. The van der Waals surface area contributed by atoms with Crippen molar-refractivity contribution in [1.82, 2.24) is 4.90 Å². The molecular formula is C12H14ClNO2. The fourth-order valence-electron chi connectivity index (χ4n) is 1.94. The number of nitrogens with zero attached hydrogens (tertiary/aromatic N) is 1. The minimum absolute atomic E-state index is 0.0110. The maximum Gasteiger partial charge on any atom is 0.257 e. The van der Waals surface area contributed by atoms with Crippen molar-refractivity contribution in [3.63, 3.8) is 0 Å². The summed E-state index contributed by atoms with van der Waals surface area (Å²) in [5, 5.41) is 0.559. The first-order chi connectivity index (χ1) is 7.72.